The van der Waals surface area contributed by atoms with Crippen molar-refractivity contribution in [2.45, 2.75) is 30.0 Å². The van der Waals surface area contributed by atoms with Gasteiger partial charge in [-0.3, -0.25) is 14.5 Å². The van der Waals surface area contributed by atoms with Crippen molar-refractivity contribution in [2.75, 3.05) is 5.75 Å². The molecule has 0 aliphatic carbocycles. The van der Waals surface area contributed by atoms with Crippen LogP contribution in [-0.2, 0) is 30.4 Å². The van der Waals surface area contributed by atoms with Crippen molar-refractivity contribution in [3.8, 4) is 0 Å². The van der Waals surface area contributed by atoms with E-state index in [0.717, 1.165) is 19.3 Å². The molecule has 1 atom stereocenters. The van der Waals surface area contributed by atoms with Gasteiger partial charge in [0, 0.05) is 5.56 Å². The molecule has 0 spiro atoms. The van der Waals surface area contributed by atoms with E-state index in [1.165, 1.54) is 42.5 Å². The van der Waals surface area contributed by atoms with E-state index in [-0.39, 0.29) is 10.5 Å². The van der Waals surface area contributed by atoms with Gasteiger partial charge in [-0.25, -0.2) is 25.6 Å². The lowest BCUT2D eigenvalue weighted by Crippen LogP contribution is -2.29. The molecule has 1 N–H and O–H groups in total. The number of hydrogen-bond acceptors (Lipinski definition) is 6. The number of Topliss-reactive ketones (excluding diaryl/α,β-unsaturated/α-hetero) is 1. The molecule has 162 valence electrons. The summed E-state index contributed by atoms with van der Waals surface area (Å²) >= 11 is 0. The molecule has 0 saturated heterocycles. The summed E-state index contributed by atoms with van der Waals surface area (Å²) in [5.74, 6) is -2.05. The van der Waals surface area contributed by atoms with E-state index in [4.69, 9.17) is 0 Å². The third kappa shape index (κ3) is 6.70. The summed E-state index contributed by atoms with van der Waals surface area (Å²) in [6, 6.07) is 11.2. The molecule has 30 heavy (non-hydrogen) atoms. The normalized spacial score (nSPS) is 13.5. The smallest absolute Gasteiger partial charge is 0.264 e. The van der Waals surface area contributed by atoms with Crippen LogP contribution in [0.4, 0.5) is 8.78 Å². The van der Waals surface area contributed by atoms with Crippen LogP contribution in [0.2, 0.25) is 0 Å². The third-order valence-corrected chi connectivity index (χ3v) is 6.95. The van der Waals surface area contributed by atoms with Crippen LogP contribution >= 0.6 is 0 Å². The molecule has 0 saturated carbocycles. The van der Waals surface area contributed by atoms with Crippen LogP contribution in [0.1, 0.15) is 24.5 Å². The first kappa shape index (κ1) is 23.6. The van der Waals surface area contributed by atoms with Crippen molar-refractivity contribution in [3.63, 3.8) is 0 Å². The summed E-state index contributed by atoms with van der Waals surface area (Å²) in [5, 5.41) is 0. The number of ketones is 1. The maximum Gasteiger partial charge on any atom is 0.264 e. The average Bonchev–Trinajstić information content (AvgIpc) is 2.67. The van der Waals surface area contributed by atoms with Gasteiger partial charge >= 0.3 is 0 Å². The second-order valence-electron chi connectivity index (χ2n) is 6.39. The predicted molar refractivity (Wildman–Crippen MR) is 109 cm³/mol. The minimum atomic E-state index is -4.00. The Kier molecular flexibility index (Phi) is 7.79. The second kappa shape index (κ2) is 9.90. The number of nitrogens with one attached hydrogen (secondary N) is 1. The fourth-order valence-corrected chi connectivity index (χ4v) is 5.05. The van der Waals surface area contributed by atoms with Crippen molar-refractivity contribution in [2.24, 2.45) is 4.99 Å². The summed E-state index contributed by atoms with van der Waals surface area (Å²) in [7, 11) is -7.93. The Morgan fingerprint density at radius 2 is 1.63 bits per heavy atom. The van der Waals surface area contributed by atoms with Gasteiger partial charge < -0.3 is 0 Å². The van der Waals surface area contributed by atoms with Gasteiger partial charge in [-0.05, 0) is 24.6 Å². The van der Waals surface area contributed by atoms with Gasteiger partial charge in [0.05, 0.1) is 22.7 Å². The highest BCUT2D eigenvalue weighted by molar-refractivity contribution is 7.90. The molecule has 0 amide bonds. The van der Waals surface area contributed by atoms with Crippen molar-refractivity contribution < 1.29 is 30.4 Å². The third-order valence-electron chi connectivity index (χ3n) is 4.06. The van der Waals surface area contributed by atoms with Crippen molar-refractivity contribution in [1.29, 1.82) is 0 Å². The number of aliphatic imine (C=N–C) groups is 1. The number of sulfonamides is 1. The Bertz CT molecular complexity index is 1120. The van der Waals surface area contributed by atoms with Crippen molar-refractivity contribution in [3.05, 3.63) is 65.7 Å². The van der Waals surface area contributed by atoms with Gasteiger partial charge in [-0.15, -0.1) is 0 Å². The fraction of sp³-hybridized carbons (Fsp3) is 0.263. The number of hydrogen-bond donors (Lipinski definition) is 1. The van der Waals surface area contributed by atoms with Crippen molar-refractivity contribution >= 4 is 32.0 Å². The zero-order chi connectivity index (χ0) is 22.4. The molecule has 0 unspecified atom stereocenters. The summed E-state index contributed by atoms with van der Waals surface area (Å²) in [6.45, 7) is 1.11. The van der Waals surface area contributed by atoms with Crippen LogP contribution < -0.4 is 4.72 Å². The monoisotopic (exact) mass is 458 g/mol. The van der Waals surface area contributed by atoms with E-state index in [2.05, 4.69) is 9.71 Å². The van der Waals surface area contributed by atoms with Gasteiger partial charge in [0.1, 0.15) is 6.04 Å². The van der Waals surface area contributed by atoms with Gasteiger partial charge in [0.25, 0.3) is 16.4 Å². The van der Waals surface area contributed by atoms with Crippen LogP contribution in [0.25, 0.3) is 0 Å². The maximum absolute atomic E-state index is 13.1. The Morgan fingerprint density at radius 1 is 1.03 bits per heavy atom. The van der Waals surface area contributed by atoms with E-state index in [1.54, 1.807) is 6.07 Å². The first-order chi connectivity index (χ1) is 14.0. The van der Waals surface area contributed by atoms with E-state index >= 15 is 0 Å². The van der Waals surface area contributed by atoms with Gasteiger partial charge in [-0.2, -0.15) is 0 Å². The van der Waals surface area contributed by atoms with Crippen LogP contribution in [0.3, 0.4) is 0 Å². The molecule has 7 nitrogen and oxygen atoms in total. The standard InChI is InChI=1S/C19H20F2N2O5S2/c1-14(24)18(22-13-23-30(27,28)16-8-3-2-4-9-16)12-29(25,26)11-15-7-5-6-10-17(15)19(20)21/h2-10,13,18-19H,11-12H2,1H3,(H,22,23)/t18-/m0/s1. The van der Waals surface area contributed by atoms with Gasteiger partial charge in [-0.1, -0.05) is 42.5 Å². The number of rotatable bonds is 10. The lowest BCUT2D eigenvalue weighted by atomic mass is 10.1. The topological polar surface area (TPSA) is 110 Å². The molecule has 0 bridgehead atoms. The summed E-state index contributed by atoms with van der Waals surface area (Å²) < 4.78 is 77.4. The van der Waals surface area contributed by atoms with E-state index in [9.17, 15) is 30.4 Å². The number of carbonyl (C=O) groups excluding carboxylic acids is 1. The molecule has 0 heterocycles. The first-order valence-electron chi connectivity index (χ1n) is 8.68. The SMILES string of the molecule is CC(=O)[C@H](CS(=O)(=O)Cc1ccccc1C(F)F)N=CNS(=O)(=O)c1ccccc1. The molecule has 0 radical (unpaired) electrons. The molecule has 0 aliphatic heterocycles. The number of alkyl halides is 2. The molecular formula is C19H20F2N2O5S2. The second-order valence-corrected chi connectivity index (χ2v) is 10.2. The lowest BCUT2D eigenvalue weighted by Gasteiger charge is -2.12. The Balaban J connectivity index is 2.13. The number of nitrogens with zero attached hydrogens (tertiary/aromatic N) is 1. The van der Waals surface area contributed by atoms with E-state index in [1.807, 2.05) is 0 Å². The minimum absolute atomic E-state index is 0.0351. The van der Waals surface area contributed by atoms with E-state index < -0.39 is 55.2 Å². The van der Waals surface area contributed by atoms with Crippen LogP contribution in [0, 0.1) is 0 Å². The first-order valence-corrected chi connectivity index (χ1v) is 12.0. The fourth-order valence-electron chi connectivity index (χ4n) is 2.54. The van der Waals surface area contributed by atoms with Gasteiger partial charge in [0.2, 0.25) is 0 Å². The number of sulfone groups is 1. The van der Waals surface area contributed by atoms with Crippen LogP contribution in [-0.4, -0.2) is 40.8 Å². The maximum atomic E-state index is 13.1. The highest BCUT2D eigenvalue weighted by Crippen LogP contribution is 2.24. The number of halogens is 2. The summed E-state index contributed by atoms with van der Waals surface area (Å²) in [5.41, 5.74) is -0.469. The molecule has 2 aromatic carbocycles. The van der Waals surface area contributed by atoms with Crippen molar-refractivity contribution in [1.82, 2.24) is 4.72 Å². The quantitative estimate of drug-likeness (QED) is 0.435. The minimum Gasteiger partial charge on any atom is -0.298 e. The Hall–Kier alpha value is -2.66. The van der Waals surface area contributed by atoms with Crippen LogP contribution in [0.5, 0.6) is 0 Å². The Morgan fingerprint density at radius 3 is 2.23 bits per heavy atom. The number of carbonyl (C=O) groups is 1. The highest BCUT2D eigenvalue weighted by atomic mass is 32.2. The highest BCUT2D eigenvalue weighted by Gasteiger charge is 2.25. The largest absolute Gasteiger partial charge is 0.298 e. The number of benzene rings is 2. The molecule has 0 aromatic heterocycles. The molecule has 0 fully saturated rings. The lowest BCUT2D eigenvalue weighted by molar-refractivity contribution is -0.117. The molecule has 2 aromatic rings. The molecular weight excluding hydrogens is 438 g/mol. The Labute approximate surface area is 173 Å². The molecule has 2 rings (SSSR count). The molecule has 11 heteroatoms. The predicted octanol–water partition coefficient (Wildman–Crippen LogP) is 2.50. The zero-order valence-corrected chi connectivity index (χ0v) is 17.5. The summed E-state index contributed by atoms with van der Waals surface area (Å²) in [6.07, 6.45) is -2.10. The summed E-state index contributed by atoms with van der Waals surface area (Å²) in [4.78, 5) is 15.5. The van der Waals surface area contributed by atoms with Gasteiger partial charge in [0.15, 0.2) is 15.6 Å². The molecule has 0 aliphatic rings. The zero-order valence-electron chi connectivity index (χ0n) is 15.9. The van der Waals surface area contributed by atoms with Crippen LogP contribution in [0.15, 0.2) is 64.5 Å². The average molecular weight is 459 g/mol. The van der Waals surface area contributed by atoms with E-state index in [0.29, 0.717) is 0 Å².